The Bertz CT molecular complexity index is 1490. The molecule has 1 amide bonds. The van der Waals surface area contributed by atoms with E-state index in [0.29, 0.717) is 32.5 Å². The Morgan fingerprint density at radius 1 is 1.12 bits per heavy atom. The number of carbonyl (C=O) groups is 2. The van der Waals surface area contributed by atoms with E-state index in [4.69, 9.17) is 4.74 Å². The first-order chi connectivity index (χ1) is 16.3. The summed E-state index contributed by atoms with van der Waals surface area (Å²) in [5.74, 6) is -0.971. The van der Waals surface area contributed by atoms with E-state index in [1.807, 2.05) is 43.3 Å². The number of aliphatic hydroxyl groups excluding tert-OH is 1. The Balaban J connectivity index is 1.67. The molecule has 2 aromatic carbocycles. The number of carbonyl (C=O) groups excluding carboxylic acids is 2. The van der Waals surface area contributed by atoms with E-state index in [-0.39, 0.29) is 5.57 Å². The Morgan fingerprint density at radius 2 is 1.85 bits per heavy atom. The van der Waals surface area contributed by atoms with Gasteiger partial charge in [0.2, 0.25) is 5.78 Å². The number of Topliss-reactive ketones (excluding diaryl/α,β-unsaturated/α-hetero) is 1. The zero-order chi connectivity index (χ0) is 24.1. The second kappa shape index (κ2) is 8.61. The molecule has 0 fully saturated rings. The third-order valence-electron chi connectivity index (χ3n) is 5.54. The standard InChI is InChI=1S/C24H18BrN3O4S2/c1-11-22(33-12(2)26-11)20(29)18-19(13-4-6-14(25)7-5-13)28(23(31)21(18)30)24-27-16-9-8-15(32-3)10-17(16)34-24/h4-10,19,30H,1-3H3. The highest BCUT2D eigenvalue weighted by Crippen LogP contribution is 2.45. The third kappa shape index (κ3) is 3.71. The minimum atomic E-state index is -0.836. The van der Waals surface area contributed by atoms with Gasteiger partial charge in [0.25, 0.3) is 5.91 Å². The van der Waals surface area contributed by atoms with Gasteiger partial charge in [-0.3, -0.25) is 14.5 Å². The van der Waals surface area contributed by atoms with Crippen molar-refractivity contribution in [3.8, 4) is 5.75 Å². The third-order valence-corrected chi connectivity index (χ3v) is 8.16. The molecule has 3 heterocycles. The molecular weight excluding hydrogens is 538 g/mol. The molecule has 0 radical (unpaired) electrons. The minimum Gasteiger partial charge on any atom is -0.503 e. The van der Waals surface area contributed by atoms with Crippen molar-refractivity contribution in [3.63, 3.8) is 0 Å². The number of aromatic nitrogens is 2. The fourth-order valence-electron chi connectivity index (χ4n) is 3.98. The fraction of sp³-hybridized carbons (Fsp3) is 0.167. The van der Waals surface area contributed by atoms with Crippen LogP contribution in [0.2, 0.25) is 0 Å². The van der Waals surface area contributed by atoms with E-state index < -0.39 is 23.5 Å². The Hall–Kier alpha value is -3.08. The molecule has 5 rings (SSSR count). The maximum atomic E-state index is 13.7. The van der Waals surface area contributed by atoms with Gasteiger partial charge in [-0.2, -0.15) is 0 Å². The predicted octanol–water partition coefficient (Wildman–Crippen LogP) is 5.92. The molecule has 1 unspecified atom stereocenters. The van der Waals surface area contributed by atoms with E-state index >= 15 is 0 Å². The molecule has 172 valence electrons. The first-order valence-electron chi connectivity index (χ1n) is 10.2. The van der Waals surface area contributed by atoms with Crippen molar-refractivity contribution in [2.24, 2.45) is 0 Å². The molecule has 1 aliphatic heterocycles. The second-order valence-corrected chi connectivity index (χ2v) is 10.8. The number of halogens is 1. The van der Waals surface area contributed by atoms with Gasteiger partial charge in [0.05, 0.1) is 44.5 Å². The fourth-order valence-corrected chi connectivity index (χ4v) is 6.14. The lowest BCUT2D eigenvalue weighted by Gasteiger charge is -2.24. The van der Waals surface area contributed by atoms with Crippen LogP contribution in [-0.2, 0) is 4.79 Å². The average Bonchev–Trinajstić information content (AvgIpc) is 3.46. The van der Waals surface area contributed by atoms with Crippen molar-refractivity contribution in [1.29, 1.82) is 0 Å². The number of ketones is 1. The molecular formula is C24H18BrN3O4S2. The molecule has 1 N–H and O–H groups in total. The summed E-state index contributed by atoms with van der Waals surface area (Å²) in [7, 11) is 1.58. The van der Waals surface area contributed by atoms with E-state index in [1.165, 1.54) is 27.6 Å². The minimum absolute atomic E-state index is 0.0240. The smallest absolute Gasteiger partial charge is 0.296 e. The van der Waals surface area contributed by atoms with Gasteiger partial charge in [0.15, 0.2) is 10.9 Å². The first-order valence-corrected chi connectivity index (χ1v) is 12.7. The summed E-state index contributed by atoms with van der Waals surface area (Å²) < 4.78 is 6.98. The van der Waals surface area contributed by atoms with Crippen LogP contribution in [0.25, 0.3) is 10.2 Å². The molecule has 0 spiro atoms. The van der Waals surface area contributed by atoms with Gasteiger partial charge in [-0.05, 0) is 49.7 Å². The number of hydrogen-bond donors (Lipinski definition) is 1. The molecule has 1 atom stereocenters. The highest BCUT2D eigenvalue weighted by Gasteiger charge is 2.46. The van der Waals surface area contributed by atoms with Crippen molar-refractivity contribution in [2.45, 2.75) is 19.9 Å². The van der Waals surface area contributed by atoms with Crippen LogP contribution in [-0.4, -0.2) is 33.9 Å². The number of hydrogen-bond acceptors (Lipinski definition) is 8. The molecule has 7 nitrogen and oxygen atoms in total. The van der Waals surface area contributed by atoms with Crippen LogP contribution in [0.15, 0.2) is 58.3 Å². The van der Waals surface area contributed by atoms with Gasteiger partial charge in [0.1, 0.15) is 5.75 Å². The summed E-state index contributed by atoms with van der Waals surface area (Å²) in [6, 6.07) is 11.9. The number of aliphatic hydroxyl groups is 1. The van der Waals surface area contributed by atoms with Crippen molar-refractivity contribution >= 4 is 65.6 Å². The van der Waals surface area contributed by atoms with E-state index in [2.05, 4.69) is 25.9 Å². The molecule has 2 aromatic heterocycles. The highest BCUT2D eigenvalue weighted by molar-refractivity contribution is 9.10. The van der Waals surface area contributed by atoms with Crippen molar-refractivity contribution in [3.05, 3.63) is 79.4 Å². The number of thiazole rings is 2. The van der Waals surface area contributed by atoms with Gasteiger partial charge >= 0.3 is 0 Å². The number of nitrogens with zero attached hydrogens (tertiary/aromatic N) is 3. The number of anilines is 1. The zero-order valence-corrected chi connectivity index (χ0v) is 21.5. The number of methoxy groups -OCH3 is 1. The average molecular weight is 556 g/mol. The summed E-state index contributed by atoms with van der Waals surface area (Å²) in [6.07, 6.45) is 0. The first kappa shape index (κ1) is 22.7. The van der Waals surface area contributed by atoms with Crippen LogP contribution in [0.3, 0.4) is 0 Å². The summed E-state index contributed by atoms with van der Waals surface area (Å²) >= 11 is 5.97. The van der Waals surface area contributed by atoms with Crippen molar-refractivity contribution in [2.75, 3.05) is 12.0 Å². The van der Waals surface area contributed by atoms with Gasteiger partial charge in [-0.1, -0.05) is 39.4 Å². The van der Waals surface area contributed by atoms with Gasteiger partial charge in [-0.25, -0.2) is 9.97 Å². The van der Waals surface area contributed by atoms with Gasteiger partial charge in [0, 0.05) is 4.47 Å². The van der Waals surface area contributed by atoms with E-state index in [9.17, 15) is 14.7 Å². The largest absolute Gasteiger partial charge is 0.503 e. The van der Waals surface area contributed by atoms with Crippen LogP contribution in [0.5, 0.6) is 5.75 Å². The van der Waals surface area contributed by atoms with Gasteiger partial charge < -0.3 is 9.84 Å². The van der Waals surface area contributed by atoms with Crippen LogP contribution in [0.4, 0.5) is 5.13 Å². The monoisotopic (exact) mass is 555 g/mol. The number of amides is 1. The van der Waals surface area contributed by atoms with Crippen LogP contribution in [0, 0.1) is 13.8 Å². The summed E-state index contributed by atoms with van der Waals surface area (Å²) in [4.78, 5) is 37.8. The number of aryl methyl sites for hydroxylation is 2. The Kier molecular flexibility index (Phi) is 5.75. The summed E-state index contributed by atoms with van der Waals surface area (Å²) in [5.41, 5.74) is 1.97. The van der Waals surface area contributed by atoms with E-state index in [0.717, 1.165) is 14.2 Å². The quantitative estimate of drug-likeness (QED) is 0.307. The van der Waals surface area contributed by atoms with Gasteiger partial charge in [-0.15, -0.1) is 11.3 Å². The predicted molar refractivity (Wildman–Crippen MR) is 136 cm³/mol. The molecule has 1 aliphatic rings. The molecule has 34 heavy (non-hydrogen) atoms. The number of benzene rings is 2. The molecule has 10 heteroatoms. The topological polar surface area (TPSA) is 92.6 Å². The highest BCUT2D eigenvalue weighted by atomic mass is 79.9. The van der Waals surface area contributed by atoms with Crippen LogP contribution >= 0.6 is 38.6 Å². The number of rotatable bonds is 5. The second-order valence-electron chi connectivity index (χ2n) is 7.70. The molecule has 0 saturated carbocycles. The molecule has 0 bridgehead atoms. The molecule has 0 aliphatic carbocycles. The number of ether oxygens (including phenoxy) is 1. The zero-order valence-electron chi connectivity index (χ0n) is 18.3. The molecule has 4 aromatic rings. The van der Waals surface area contributed by atoms with Crippen LogP contribution < -0.4 is 9.64 Å². The Labute approximate surface area is 211 Å². The van der Waals surface area contributed by atoms with Crippen molar-refractivity contribution < 1.29 is 19.4 Å². The lowest BCUT2D eigenvalue weighted by atomic mass is 9.95. The normalized spacial score (nSPS) is 16.1. The molecule has 0 saturated heterocycles. The lowest BCUT2D eigenvalue weighted by Crippen LogP contribution is -2.30. The maximum absolute atomic E-state index is 13.7. The lowest BCUT2D eigenvalue weighted by molar-refractivity contribution is -0.117. The van der Waals surface area contributed by atoms with Crippen molar-refractivity contribution in [1.82, 2.24) is 9.97 Å². The Morgan fingerprint density at radius 3 is 2.50 bits per heavy atom. The maximum Gasteiger partial charge on any atom is 0.296 e. The number of fused-ring (bicyclic) bond motifs is 1. The van der Waals surface area contributed by atoms with Crippen LogP contribution in [0.1, 0.15) is 32.0 Å². The summed E-state index contributed by atoms with van der Waals surface area (Å²) in [5, 5.41) is 12.1. The SMILES string of the molecule is COc1ccc2nc(N3C(=O)C(O)=C(C(=O)c4sc(C)nc4C)C3c3ccc(Br)cc3)sc2c1. The summed E-state index contributed by atoms with van der Waals surface area (Å²) in [6.45, 7) is 3.56. The van der Waals surface area contributed by atoms with E-state index in [1.54, 1.807) is 20.1 Å².